The van der Waals surface area contributed by atoms with E-state index < -0.39 is 18.3 Å². The van der Waals surface area contributed by atoms with Gasteiger partial charge in [0.25, 0.3) is 0 Å². The number of aliphatic hydroxyl groups excluding tert-OH is 3. The molecule has 3 rings (SSSR count). The molecule has 0 spiro atoms. The molecule has 2 aliphatic rings. The smallest absolute Gasteiger partial charge is 0.110 e. The minimum atomic E-state index is -1.01. The Balaban J connectivity index is 1.82. The second-order valence-electron chi connectivity index (χ2n) is 5.46. The van der Waals surface area contributed by atoms with Crippen LogP contribution in [0.4, 0.5) is 0 Å². The molecular formula is C15H20O4S. The summed E-state index contributed by atoms with van der Waals surface area (Å²) >= 11 is 1.88. The fraction of sp³-hybridized carbons (Fsp3) is 0.600. The SMILES string of the molecule is OCC1OC(c2ccc3c(c2)CCCS3)CC(O)C1O. The zero-order valence-corrected chi connectivity index (χ0v) is 12.1. The number of rotatable bonds is 2. The van der Waals surface area contributed by atoms with Gasteiger partial charge >= 0.3 is 0 Å². The molecule has 0 amide bonds. The van der Waals surface area contributed by atoms with Crippen LogP contribution >= 0.6 is 11.8 Å². The number of thioether (sulfide) groups is 1. The van der Waals surface area contributed by atoms with Crippen molar-refractivity contribution in [2.45, 2.75) is 48.6 Å². The molecule has 1 saturated heterocycles. The third-order valence-electron chi connectivity index (χ3n) is 4.05. The Bertz CT molecular complexity index is 479. The molecule has 3 N–H and O–H groups in total. The summed E-state index contributed by atoms with van der Waals surface area (Å²) in [5.74, 6) is 1.17. The van der Waals surface area contributed by atoms with Crippen molar-refractivity contribution in [2.75, 3.05) is 12.4 Å². The van der Waals surface area contributed by atoms with E-state index in [2.05, 4.69) is 12.1 Å². The maximum absolute atomic E-state index is 9.90. The Morgan fingerprint density at radius 3 is 2.95 bits per heavy atom. The first-order valence-electron chi connectivity index (χ1n) is 7.07. The predicted octanol–water partition coefficient (Wildman–Crippen LogP) is 1.27. The van der Waals surface area contributed by atoms with Gasteiger partial charge < -0.3 is 20.1 Å². The van der Waals surface area contributed by atoms with Crippen LogP contribution in [0.2, 0.25) is 0 Å². The number of ether oxygens (including phenoxy) is 1. The Labute approximate surface area is 122 Å². The summed E-state index contributed by atoms with van der Waals surface area (Å²) in [7, 11) is 0. The Morgan fingerprint density at radius 2 is 2.15 bits per heavy atom. The average molecular weight is 296 g/mol. The first-order chi connectivity index (χ1) is 9.69. The van der Waals surface area contributed by atoms with Gasteiger partial charge in [0.2, 0.25) is 0 Å². The fourth-order valence-electron chi connectivity index (χ4n) is 2.90. The lowest BCUT2D eigenvalue weighted by atomic mass is 9.93. The van der Waals surface area contributed by atoms with Gasteiger partial charge in [-0.2, -0.15) is 0 Å². The van der Waals surface area contributed by atoms with Gasteiger partial charge in [0.1, 0.15) is 12.2 Å². The van der Waals surface area contributed by atoms with Gasteiger partial charge in [0.15, 0.2) is 0 Å². The van der Waals surface area contributed by atoms with Crippen molar-refractivity contribution in [2.24, 2.45) is 0 Å². The molecule has 0 aliphatic carbocycles. The second kappa shape index (κ2) is 6.03. The molecule has 4 unspecified atom stereocenters. The molecule has 110 valence electrons. The number of aryl methyl sites for hydroxylation is 1. The quantitative estimate of drug-likeness (QED) is 0.767. The molecule has 0 aromatic heterocycles. The summed E-state index contributed by atoms with van der Waals surface area (Å²) in [5, 5.41) is 28.9. The lowest BCUT2D eigenvalue weighted by Gasteiger charge is -2.36. The van der Waals surface area contributed by atoms with Gasteiger partial charge in [-0.1, -0.05) is 12.1 Å². The summed E-state index contributed by atoms with van der Waals surface area (Å²) in [6.07, 6.45) is -0.202. The molecule has 0 bridgehead atoms. The number of hydrogen-bond donors (Lipinski definition) is 3. The molecule has 0 radical (unpaired) electrons. The van der Waals surface area contributed by atoms with Crippen molar-refractivity contribution in [3.63, 3.8) is 0 Å². The predicted molar refractivity (Wildman–Crippen MR) is 76.8 cm³/mol. The largest absolute Gasteiger partial charge is 0.394 e. The Kier molecular flexibility index (Phi) is 4.33. The minimum Gasteiger partial charge on any atom is -0.394 e. The van der Waals surface area contributed by atoms with Gasteiger partial charge in [-0.15, -0.1) is 11.8 Å². The molecule has 5 heteroatoms. The maximum Gasteiger partial charge on any atom is 0.110 e. The lowest BCUT2D eigenvalue weighted by molar-refractivity contribution is -0.181. The van der Waals surface area contributed by atoms with E-state index in [9.17, 15) is 15.3 Å². The zero-order chi connectivity index (χ0) is 14.1. The van der Waals surface area contributed by atoms with E-state index in [0.29, 0.717) is 6.42 Å². The minimum absolute atomic E-state index is 0.261. The van der Waals surface area contributed by atoms with Crippen LogP contribution in [0.3, 0.4) is 0 Å². The average Bonchev–Trinajstić information content (AvgIpc) is 2.49. The number of aliphatic hydroxyl groups is 3. The van der Waals surface area contributed by atoms with Crippen LogP contribution in [0.25, 0.3) is 0 Å². The van der Waals surface area contributed by atoms with E-state index in [1.165, 1.54) is 22.6 Å². The first-order valence-corrected chi connectivity index (χ1v) is 8.05. The van der Waals surface area contributed by atoms with E-state index in [0.717, 1.165) is 12.0 Å². The van der Waals surface area contributed by atoms with Gasteiger partial charge in [0, 0.05) is 11.3 Å². The summed E-state index contributed by atoms with van der Waals surface area (Å²) < 4.78 is 5.73. The van der Waals surface area contributed by atoms with Gasteiger partial charge in [-0.05, 0) is 35.8 Å². The highest BCUT2D eigenvalue weighted by Crippen LogP contribution is 2.36. The monoisotopic (exact) mass is 296 g/mol. The highest BCUT2D eigenvalue weighted by Gasteiger charge is 2.37. The molecular weight excluding hydrogens is 276 g/mol. The van der Waals surface area contributed by atoms with Crippen molar-refractivity contribution in [3.05, 3.63) is 29.3 Å². The lowest BCUT2D eigenvalue weighted by Crippen LogP contribution is -2.47. The molecule has 2 aliphatic heterocycles. The van der Waals surface area contributed by atoms with Crippen LogP contribution < -0.4 is 0 Å². The van der Waals surface area contributed by atoms with E-state index in [1.54, 1.807) is 0 Å². The van der Waals surface area contributed by atoms with Gasteiger partial charge in [-0.25, -0.2) is 0 Å². The summed E-state index contributed by atoms with van der Waals surface area (Å²) in [5.41, 5.74) is 2.36. The summed E-state index contributed by atoms with van der Waals surface area (Å²) in [6, 6.07) is 6.29. The van der Waals surface area contributed by atoms with Crippen LogP contribution in [0.1, 0.15) is 30.1 Å². The van der Waals surface area contributed by atoms with Gasteiger partial charge in [-0.3, -0.25) is 0 Å². The normalized spacial score (nSPS) is 33.8. The standard InChI is InChI=1S/C15H20O4S/c16-8-13-15(18)11(17)7-12(19-13)9-3-4-14-10(6-9)2-1-5-20-14/h3-4,6,11-13,15-18H,1-2,5,7-8H2. The van der Waals surface area contributed by atoms with Crippen molar-refractivity contribution in [1.29, 1.82) is 0 Å². The van der Waals surface area contributed by atoms with E-state index in [-0.39, 0.29) is 12.7 Å². The molecule has 1 fully saturated rings. The van der Waals surface area contributed by atoms with Crippen molar-refractivity contribution in [1.82, 2.24) is 0 Å². The maximum atomic E-state index is 9.90. The molecule has 1 aromatic carbocycles. The molecule has 4 atom stereocenters. The van der Waals surface area contributed by atoms with Crippen molar-refractivity contribution >= 4 is 11.8 Å². The van der Waals surface area contributed by atoms with E-state index >= 15 is 0 Å². The topological polar surface area (TPSA) is 69.9 Å². The number of hydrogen-bond acceptors (Lipinski definition) is 5. The molecule has 1 aromatic rings. The zero-order valence-electron chi connectivity index (χ0n) is 11.2. The number of fused-ring (bicyclic) bond motifs is 1. The third-order valence-corrected chi connectivity index (χ3v) is 5.26. The second-order valence-corrected chi connectivity index (χ2v) is 6.60. The van der Waals surface area contributed by atoms with Crippen LogP contribution in [-0.2, 0) is 11.2 Å². The number of benzene rings is 1. The van der Waals surface area contributed by atoms with Crippen LogP contribution in [-0.4, -0.2) is 46.0 Å². The van der Waals surface area contributed by atoms with Crippen LogP contribution in [0.15, 0.2) is 23.1 Å². The van der Waals surface area contributed by atoms with E-state index in [1.807, 2.05) is 17.8 Å². The first kappa shape index (κ1) is 14.4. The molecule has 2 heterocycles. The Hall–Kier alpha value is -0.590. The van der Waals surface area contributed by atoms with Crippen molar-refractivity contribution in [3.8, 4) is 0 Å². The molecule has 20 heavy (non-hydrogen) atoms. The summed E-state index contributed by atoms with van der Waals surface area (Å²) in [6.45, 7) is -0.282. The Morgan fingerprint density at radius 1 is 1.30 bits per heavy atom. The fourth-order valence-corrected chi connectivity index (χ4v) is 3.92. The molecule has 0 saturated carbocycles. The van der Waals surface area contributed by atoms with Crippen molar-refractivity contribution < 1.29 is 20.1 Å². The highest BCUT2D eigenvalue weighted by molar-refractivity contribution is 7.99. The van der Waals surface area contributed by atoms with Crippen LogP contribution in [0.5, 0.6) is 0 Å². The third kappa shape index (κ3) is 2.73. The summed E-state index contributed by atoms with van der Waals surface area (Å²) in [4.78, 5) is 1.33. The van der Waals surface area contributed by atoms with Crippen LogP contribution in [0, 0.1) is 0 Å². The highest BCUT2D eigenvalue weighted by atomic mass is 32.2. The van der Waals surface area contributed by atoms with E-state index in [4.69, 9.17) is 4.74 Å². The van der Waals surface area contributed by atoms with Gasteiger partial charge in [0.05, 0.1) is 18.8 Å². The molecule has 4 nitrogen and oxygen atoms in total.